The molecule has 1 aromatic heterocycles. The van der Waals surface area contributed by atoms with Crippen molar-refractivity contribution in [3.63, 3.8) is 0 Å². The second-order valence-electron chi connectivity index (χ2n) is 7.20. The molecule has 5 nitrogen and oxygen atoms in total. The van der Waals surface area contributed by atoms with Crippen molar-refractivity contribution in [2.24, 2.45) is 0 Å². The highest BCUT2D eigenvalue weighted by molar-refractivity contribution is 5.74. The molecule has 0 spiro atoms. The molecule has 0 saturated heterocycles. The van der Waals surface area contributed by atoms with Crippen molar-refractivity contribution in [1.29, 1.82) is 0 Å². The van der Waals surface area contributed by atoms with E-state index in [1.165, 1.54) is 12.1 Å². The number of rotatable bonds is 8. The molecule has 1 heterocycles. The number of carboxylic acids is 1. The smallest absolute Gasteiger partial charge is 0.307 e. The number of halogens is 1. The van der Waals surface area contributed by atoms with E-state index in [2.05, 4.69) is 5.10 Å². The van der Waals surface area contributed by atoms with Crippen molar-refractivity contribution >= 4 is 5.97 Å². The summed E-state index contributed by atoms with van der Waals surface area (Å²) in [6.07, 6.45) is 1.57. The normalized spacial score (nSPS) is 10.7. The van der Waals surface area contributed by atoms with Crippen LogP contribution in [-0.4, -0.2) is 20.9 Å². The Hall–Kier alpha value is -3.93. The van der Waals surface area contributed by atoms with Crippen LogP contribution in [0, 0.1) is 5.82 Å². The summed E-state index contributed by atoms with van der Waals surface area (Å²) in [6, 6.07) is 23.6. The van der Waals surface area contributed by atoms with Crippen LogP contribution in [0.1, 0.15) is 16.7 Å². The fourth-order valence-electron chi connectivity index (χ4n) is 3.31. The van der Waals surface area contributed by atoms with Gasteiger partial charge in [0.05, 0.1) is 18.7 Å². The third-order valence-electron chi connectivity index (χ3n) is 4.81. The number of hydrogen-bond acceptors (Lipinski definition) is 3. The number of hydrogen-bond donors (Lipinski definition) is 1. The van der Waals surface area contributed by atoms with Gasteiger partial charge in [0, 0.05) is 17.3 Å². The van der Waals surface area contributed by atoms with Gasteiger partial charge in [0.2, 0.25) is 0 Å². The van der Waals surface area contributed by atoms with Crippen molar-refractivity contribution in [2.75, 3.05) is 0 Å². The SMILES string of the molecule is O=C(O)Cc1cn(Cc2ccc(OCc3ccccc3)cc2)nc1-c1ccc(F)cc1. The molecule has 0 amide bonds. The van der Waals surface area contributed by atoms with Gasteiger partial charge in [-0.1, -0.05) is 42.5 Å². The molecule has 6 heteroatoms. The van der Waals surface area contributed by atoms with Crippen LogP contribution < -0.4 is 4.74 Å². The third-order valence-corrected chi connectivity index (χ3v) is 4.81. The van der Waals surface area contributed by atoms with Gasteiger partial charge in [0.25, 0.3) is 0 Å². The number of ether oxygens (including phenoxy) is 1. The first kappa shape index (κ1) is 20.3. The second-order valence-corrected chi connectivity index (χ2v) is 7.20. The van der Waals surface area contributed by atoms with Crippen LogP contribution in [0.2, 0.25) is 0 Å². The zero-order chi connectivity index (χ0) is 21.6. The molecule has 0 aliphatic heterocycles. The summed E-state index contributed by atoms with van der Waals surface area (Å²) in [5, 5.41) is 13.8. The number of benzene rings is 3. The molecular weight excluding hydrogens is 395 g/mol. The Kier molecular flexibility index (Phi) is 6.08. The number of aliphatic carboxylic acids is 1. The van der Waals surface area contributed by atoms with Crippen LogP contribution >= 0.6 is 0 Å². The van der Waals surface area contributed by atoms with Gasteiger partial charge in [0.15, 0.2) is 0 Å². The summed E-state index contributed by atoms with van der Waals surface area (Å²) in [5.41, 5.74) is 3.91. The van der Waals surface area contributed by atoms with Gasteiger partial charge in [-0.05, 0) is 47.5 Å². The summed E-state index contributed by atoms with van der Waals surface area (Å²) in [6.45, 7) is 0.978. The summed E-state index contributed by atoms with van der Waals surface area (Å²) in [4.78, 5) is 11.3. The average molecular weight is 416 g/mol. The highest BCUT2D eigenvalue weighted by Gasteiger charge is 2.14. The van der Waals surface area contributed by atoms with Gasteiger partial charge >= 0.3 is 5.97 Å². The van der Waals surface area contributed by atoms with Gasteiger partial charge in [-0.25, -0.2) is 4.39 Å². The molecule has 0 aliphatic rings. The van der Waals surface area contributed by atoms with E-state index in [4.69, 9.17) is 4.74 Å². The highest BCUT2D eigenvalue weighted by atomic mass is 19.1. The molecule has 0 fully saturated rings. The Balaban J connectivity index is 1.48. The largest absolute Gasteiger partial charge is 0.489 e. The van der Waals surface area contributed by atoms with Crippen molar-refractivity contribution in [3.8, 4) is 17.0 Å². The number of aromatic nitrogens is 2. The Morgan fingerprint density at radius 2 is 1.65 bits per heavy atom. The molecule has 0 radical (unpaired) electrons. The summed E-state index contributed by atoms with van der Waals surface area (Å²) < 4.78 is 20.8. The van der Waals surface area contributed by atoms with Crippen molar-refractivity contribution in [2.45, 2.75) is 19.6 Å². The minimum absolute atomic E-state index is 0.154. The topological polar surface area (TPSA) is 64.3 Å². The molecule has 0 atom stereocenters. The lowest BCUT2D eigenvalue weighted by Crippen LogP contribution is -2.01. The quantitative estimate of drug-likeness (QED) is 0.442. The minimum Gasteiger partial charge on any atom is -0.489 e. The third kappa shape index (κ3) is 5.36. The first-order valence-corrected chi connectivity index (χ1v) is 9.86. The molecule has 4 aromatic rings. The van der Waals surface area contributed by atoms with Crippen molar-refractivity contribution < 1.29 is 19.0 Å². The van der Waals surface area contributed by atoms with Crippen molar-refractivity contribution in [1.82, 2.24) is 9.78 Å². The molecule has 156 valence electrons. The van der Waals surface area contributed by atoms with Gasteiger partial charge < -0.3 is 9.84 Å². The van der Waals surface area contributed by atoms with Gasteiger partial charge in [-0.15, -0.1) is 0 Å². The molecule has 0 bridgehead atoms. The van der Waals surface area contributed by atoms with Crippen LogP contribution in [0.4, 0.5) is 4.39 Å². The minimum atomic E-state index is -0.942. The monoisotopic (exact) mass is 416 g/mol. The second kappa shape index (κ2) is 9.26. The van der Waals surface area contributed by atoms with E-state index in [1.54, 1.807) is 23.0 Å². The van der Waals surface area contributed by atoms with Gasteiger partial charge in [-0.3, -0.25) is 9.48 Å². The van der Waals surface area contributed by atoms with Crippen LogP contribution in [0.25, 0.3) is 11.3 Å². The first-order chi connectivity index (χ1) is 15.1. The lowest BCUT2D eigenvalue weighted by molar-refractivity contribution is -0.136. The lowest BCUT2D eigenvalue weighted by Gasteiger charge is -2.07. The van der Waals surface area contributed by atoms with Crippen LogP contribution in [0.3, 0.4) is 0 Å². The van der Waals surface area contributed by atoms with E-state index in [9.17, 15) is 14.3 Å². The van der Waals surface area contributed by atoms with Crippen molar-refractivity contribution in [3.05, 3.63) is 108 Å². The number of carbonyl (C=O) groups is 1. The Bertz CT molecular complexity index is 1150. The highest BCUT2D eigenvalue weighted by Crippen LogP contribution is 2.24. The maximum atomic E-state index is 13.3. The fourth-order valence-corrected chi connectivity index (χ4v) is 3.31. The first-order valence-electron chi connectivity index (χ1n) is 9.86. The fraction of sp³-hybridized carbons (Fsp3) is 0.120. The van der Waals surface area contributed by atoms with E-state index in [1.807, 2.05) is 54.6 Å². The summed E-state index contributed by atoms with van der Waals surface area (Å²) >= 11 is 0. The van der Waals surface area contributed by atoms with E-state index in [0.29, 0.717) is 30.0 Å². The van der Waals surface area contributed by atoms with E-state index in [-0.39, 0.29) is 12.2 Å². The standard InChI is InChI=1S/C25H21FN2O3/c26-22-10-8-20(9-11-22)25-21(14-24(29)30)16-28(27-25)15-18-6-12-23(13-7-18)31-17-19-4-2-1-3-5-19/h1-13,16H,14-15,17H2,(H,29,30). The number of nitrogens with zero attached hydrogens (tertiary/aromatic N) is 2. The number of carboxylic acid groups (broad SMARTS) is 1. The predicted molar refractivity (Wildman–Crippen MR) is 115 cm³/mol. The molecule has 0 unspecified atom stereocenters. The maximum absolute atomic E-state index is 13.3. The van der Waals surface area contributed by atoms with Crippen LogP contribution in [0.5, 0.6) is 5.75 Å². The summed E-state index contributed by atoms with van der Waals surface area (Å²) in [5.74, 6) is -0.521. The Morgan fingerprint density at radius 3 is 2.32 bits per heavy atom. The molecule has 1 N–H and O–H groups in total. The van der Waals surface area contributed by atoms with Gasteiger partial charge in [-0.2, -0.15) is 5.10 Å². The molecule has 4 rings (SSSR count). The van der Waals surface area contributed by atoms with Gasteiger partial charge in [0.1, 0.15) is 18.2 Å². The van der Waals surface area contributed by atoms with Crippen LogP contribution in [-0.2, 0) is 24.4 Å². The maximum Gasteiger partial charge on any atom is 0.307 e. The summed E-state index contributed by atoms with van der Waals surface area (Å²) in [7, 11) is 0. The average Bonchev–Trinajstić information content (AvgIpc) is 3.16. The zero-order valence-electron chi connectivity index (χ0n) is 16.7. The Labute approximate surface area is 179 Å². The van der Waals surface area contributed by atoms with E-state index >= 15 is 0 Å². The predicted octanol–water partition coefficient (Wildman–Crippen LogP) is 4.94. The van der Waals surface area contributed by atoms with E-state index < -0.39 is 5.97 Å². The van der Waals surface area contributed by atoms with Crippen LogP contribution in [0.15, 0.2) is 85.1 Å². The Morgan fingerprint density at radius 1 is 0.935 bits per heavy atom. The zero-order valence-corrected chi connectivity index (χ0v) is 16.7. The molecular formula is C25H21FN2O3. The van der Waals surface area contributed by atoms with E-state index in [0.717, 1.165) is 16.9 Å². The molecule has 0 aliphatic carbocycles. The molecule has 31 heavy (non-hydrogen) atoms. The lowest BCUT2D eigenvalue weighted by atomic mass is 10.1. The molecule has 3 aromatic carbocycles. The molecule has 0 saturated carbocycles.